The molecule has 2 unspecified atom stereocenters. The second kappa shape index (κ2) is 5.78. The van der Waals surface area contributed by atoms with Gasteiger partial charge in [-0.1, -0.05) is 18.0 Å². The van der Waals surface area contributed by atoms with Gasteiger partial charge in [-0.3, -0.25) is 9.58 Å². The average Bonchev–Trinajstić information content (AvgIpc) is 2.60. The predicted octanol–water partition coefficient (Wildman–Crippen LogP) is 1.82. The van der Waals surface area contributed by atoms with Gasteiger partial charge in [0.15, 0.2) is 0 Å². The number of hydrogen-bond acceptors (Lipinski definition) is 3. The first-order valence-corrected chi connectivity index (χ1v) is 6.75. The van der Waals surface area contributed by atoms with Gasteiger partial charge in [0.05, 0.1) is 16.9 Å². The first-order valence-electron chi connectivity index (χ1n) is 6.37. The topological polar surface area (TPSA) is 33.1 Å². The van der Waals surface area contributed by atoms with Crippen molar-refractivity contribution in [3.05, 3.63) is 16.9 Å². The summed E-state index contributed by atoms with van der Waals surface area (Å²) in [5.41, 5.74) is 1.13. The Morgan fingerprint density at radius 3 is 2.61 bits per heavy atom. The van der Waals surface area contributed by atoms with Crippen LogP contribution < -0.4 is 5.32 Å². The monoisotopic (exact) mass is 290 g/mol. The number of rotatable bonds is 2. The van der Waals surface area contributed by atoms with Crippen LogP contribution in [-0.2, 0) is 13.6 Å². The molecule has 2 saturated heterocycles. The van der Waals surface area contributed by atoms with Gasteiger partial charge in [-0.05, 0) is 12.8 Å². The molecule has 2 fully saturated rings. The first-order chi connectivity index (χ1) is 8.22. The van der Waals surface area contributed by atoms with Crippen molar-refractivity contribution in [3.8, 4) is 0 Å². The lowest BCUT2D eigenvalue weighted by atomic mass is 9.94. The number of aromatic nitrogens is 2. The van der Waals surface area contributed by atoms with Gasteiger partial charge in [-0.25, -0.2) is 0 Å². The van der Waals surface area contributed by atoms with E-state index in [1.165, 1.54) is 19.3 Å². The second-order valence-electron chi connectivity index (χ2n) is 5.25. The van der Waals surface area contributed by atoms with Crippen molar-refractivity contribution in [2.24, 2.45) is 7.05 Å². The molecule has 3 heterocycles. The van der Waals surface area contributed by atoms with Gasteiger partial charge in [0.2, 0.25) is 0 Å². The summed E-state index contributed by atoms with van der Waals surface area (Å²) in [6.45, 7) is 3.19. The minimum Gasteiger partial charge on any atom is -0.309 e. The number of piperazine rings is 1. The van der Waals surface area contributed by atoms with Crippen LogP contribution in [0.2, 0.25) is 5.02 Å². The predicted molar refractivity (Wildman–Crippen MR) is 75.3 cm³/mol. The van der Waals surface area contributed by atoms with Crippen molar-refractivity contribution in [2.75, 3.05) is 13.1 Å². The van der Waals surface area contributed by atoms with E-state index in [4.69, 9.17) is 11.6 Å². The van der Waals surface area contributed by atoms with Crippen molar-refractivity contribution in [3.63, 3.8) is 0 Å². The molecule has 0 radical (unpaired) electrons. The van der Waals surface area contributed by atoms with E-state index < -0.39 is 0 Å². The van der Waals surface area contributed by atoms with Crippen molar-refractivity contribution in [1.82, 2.24) is 20.0 Å². The molecule has 2 atom stereocenters. The maximum atomic E-state index is 6.16. The van der Waals surface area contributed by atoms with Crippen LogP contribution in [0.3, 0.4) is 0 Å². The quantitative estimate of drug-likeness (QED) is 0.902. The Kier molecular flexibility index (Phi) is 4.54. The highest BCUT2D eigenvalue weighted by atomic mass is 35.5. The van der Waals surface area contributed by atoms with Crippen LogP contribution in [0.25, 0.3) is 0 Å². The van der Waals surface area contributed by atoms with E-state index in [1.54, 1.807) is 6.20 Å². The molecule has 0 saturated carbocycles. The smallest absolute Gasteiger partial charge is 0.0831 e. The van der Waals surface area contributed by atoms with E-state index in [9.17, 15) is 0 Å². The summed E-state index contributed by atoms with van der Waals surface area (Å²) in [4.78, 5) is 2.51. The number of nitrogens with zero attached hydrogens (tertiary/aromatic N) is 3. The van der Waals surface area contributed by atoms with Gasteiger partial charge in [-0.15, -0.1) is 12.4 Å². The van der Waals surface area contributed by atoms with Crippen molar-refractivity contribution >= 4 is 24.0 Å². The molecule has 3 rings (SSSR count). The molecule has 2 bridgehead atoms. The van der Waals surface area contributed by atoms with Gasteiger partial charge in [0.1, 0.15) is 0 Å². The third-order valence-corrected chi connectivity index (χ3v) is 4.23. The lowest BCUT2D eigenvalue weighted by Crippen LogP contribution is -2.58. The van der Waals surface area contributed by atoms with Crippen molar-refractivity contribution in [2.45, 2.75) is 37.9 Å². The van der Waals surface area contributed by atoms with Crippen molar-refractivity contribution in [1.29, 1.82) is 0 Å². The van der Waals surface area contributed by atoms with Crippen LogP contribution in [0, 0.1) is 0 Å². The summed E-state index contributed by atoms with van der Waals surface area (Å²) < 4.78 is 1.89. The molecule has 4 nitrogen and oxygen atoms in total. The van der Waals surface area contributed by atoms with E-state index in [1.807, 2.05) is 11.7 Å². The normalized spacial score (nSPS) is 27.9. The number of hydrogen-bond donors (Lipinski definition) is 1. The van der Waals surface area contributed by atoms with Crippen molar-refractivity contribution < 1.29 is 0 Å². The summed E-state index contributed by atoms with van der Waals surface area (Å²) in [5.74, 6) is 0. The number of aryl methyl sites for hydroxylation is 1. The minimum atomic E-state index is 0. The molecular weight excluding hydrogens is 271 g/mol. The average molecular weight is 291 g/mol. The molecule has 1 aromatic heterocycles. The summed E-state index contributed by atoms with van der Waals surface area (Å²) in [5, 5.41) is 8.68. The molecule has 0 aliphatic carbocycles. The highest BCUT2D eigenvalue weighted by molar-refractivity contribution is 6.31. The molecule has 1 N–H and O–H groups in total. The SMILES string of the molecule is Cl.Cn1ncc(Cl)c1CN1CC2CCCC(C1)N2. The Morgan fingerprint density at radius 1 is 1.39 bits per heavy atom. The summed E-state index contributed by atoms with van der Waals surface area (Å²) in [6, 6.07) is 1.35. The minimum absolute atomic E-state index is 0. The fourth-order valence-corrected chi connectivity index (χ4v) is 3.28. The Morgan fingerprint density at radius 2 is 2.06 bits per heavy atom. The lowest BCUT2D eigenvalue weighted by Gasteiger charge is -2.42. The number of piperidine rings is 1. The van der Waals surface area contributed by atoms with Crippen LogP contribution in [0.1, 0.15) is 25.0 Å². The highest BCUT2D eigenvalue weighted by Gasteiger charge is 2.30. The lowest BCUT2D eigenvalue weighted by molar-refractivity contribution is 0.117. The zero-order valence-electron chi connectivity index (χ0n) is 10.6. The van der Waals surface area contributed by atoms with Crippen LogP contribution in [-0.4, -0.2) is 39.9 Å². The van der Waals surface area contributed by atoms with E-state index in [0.29, 0.717) is 12.1 Å². The third kappa shape index (κ3) is 2.82. The molecule has 2 aliphatic rings. The standard InChI is InChI=1S/C12H19ClN4.ClH/c1-16-12(11(13)5-14-16)8-17-6-9-3-2-4-10(7-17)15-9;/h5,9-10,15H,2-4,6-8H2,1H3;1H. The second-order valence-corrected chi connectivity index (χ2v) is 5.66. The molecular formula is C12H20Cl2N4. The van der Waals surface area contributed by atoms with Gasteiger partial charge < -0.3 is 5.32 Å². The zero-order chi connectivity index (χ0) is 11.8. The highest BCUT2D eigenvalue weighted by Crippen LogP contribution is 2.22. The van der Waals surface area contributed by atoms with Gasteiger partial charge in [0.25, 0.3) is 0 Å². The van der Waals surface area contributed by atoms with Gasteiger partial charge in [0, 0.05) is 38.8 Å². The fraction of sp³-hybridized carbons (Fsp3) is 0.750. The van der Waals surface area contributed by atoms with Crippen LogP contribution in [0.15, 0.2) is 6.20 Å². The Balaban J connectivity index is 0.00000120. The molecule has 2 aliphatic heterocycles. The molecule has 0 amide bonds. The van der Waals surface area contributed by atoms with Gasteiger partial charge in [-0.2, -0.15) is 5.10 Å². The maximum Gasteiger partial charge on any atom is 0.0831 e. The van der Waals surface area contributed by atoms with E-state index in [2.05, 4.69) is 15.3 Å². The number of likely N-dealkylation sites (tertiary alicyclic amines) is 1. The van der Waals surface area contributed by atoms with Gasteiger partial charge >= 0.3 is 0 Å². The number of fused-ring (bicyclic) bond motifs is 2. The Labute approximate surface area is 119 Å². The largest absolute Gasteiger partial charge is 0.309 e. The van der Waals surface area contributed by atoms with Crippen LogP contribution in [0.4, 0.5) is 0 Å². The number of nitrogens with one attached hydrogen (secondary N) is 1. The molecule has 0 aromatic carbocycles. The van der Waals surface area contributed by atoms with Crippen LogP contribution in [0.5, 0.6) is 0 Å². The van der Waals surface area contributed by atoms with E-state index >= 15 is 0 Å². The zero-order valence-corrected chi connectivity index (χ0v) is 12.2. The Bertz CT molecular complexity index is 375. The molecule has 0 spiro atoms. The first kappa shape index (κ1) is 14.1. The summed E-state index contributed by atoms with van der Waals surface area (Å²) in [6.07, 6.45) is 5.74. The van der Waals surface area contributed by atoms with E-state index in [0.717, 1.165) is 30.4 Å². The fourth-order valence-electron chi connectivity index (χ4n) is 3.05. The molecule has 102 valence electrons. The summed E-state index contributed by atoms with van der Waals surface area (Å²) in [7, 11) is 1.96. The molecule has 6 heteroatoms. The Hall–Kier alpha value is -0.290. The maximum absolute atomic E-state index is 6.16. The van der Waals surface area contributed by atoms with E-state index in [-0.39, 0.29) is 12.4 Å². The molecule has 18 heavy (non-hydrogen) atoms. The summed E-state index contributed by atoms with van der Waals surface area (Å²) >= 11 is 6.16. The molecule has 1 aromatic rings. The third-order valence-electron chi connectivity index (χ3n) is 3.92. The van der Waals surface area contributed by atoms with Crippen LogP contribution >= 0.6 is 24.0 Å². The number of halogens is 2.